The van der Waals surface area contributed by atoms with Gasteiger partial charge in [0.05, 0.1) is 18.6 Å². The average Bonchev–Trinajstić information content (AvgIpc) is 3.91. The fraction of sp³-hybridized carbons (Fsp3) is 0.432. The Hall–Kier alpha value is -3.61. The molecule has 4 heterocycles. The van der Waals surface area contributed by atoms with Crippen molar-refractivity contribution in [1.29, 1.82) is 0 Å². The molecular weight excluding hydrogens is 536 g/mol. The summed E-state index contributed by atoms with van der Waals surface area (Å²) >= 11 is 0. The molecule has 0 bridgehead atoms. The summed E-state index contributed by atoms with van der Waals surface area (Å²) in [5, 5.41) is 0. The molecule has 6 heteroatoms. The maximum Gasteiger partial charge on any atom is 0.209 e. The maximum atomic E-state index is 12.2. The first-order valence-corrected chi connectivity index (χ1v) is 15.7. The van der Waals surface area contributed by atoms with E-state index in [1.807, 2.05) is 0 Å². The van der Waals surface area contributed by atoms with Crippen LogP contribution >= 0.6 is 0 Å². The molecule has 0 aliphatic carbocycles. The molecule has 0 N–H and O–H groups in total. The van der Waals surface area contributed by atoms with E-state index < -0.39 is 0 Å². The van der Waals surface area contributed by atoms with E-state index in [9.17, 15) is 9.59 Å². The van der Waals surface area contributed by atoms with Gasteiger partial charge in [-0.1, -0.05) is 68.5 Å². The summed E-state index contributed by atoms with van der Waals surface area (Å²) in [5.41, 5.74) is 7.26. The number of allylic oxidation sites excluding steroid dienone is 6. The van der Waals surface area contributed by atoms with Gasteiger partial charge >= 0.3 is 0 Å². The number of epoxide rings is 2. The van der Waals surface area contributed by atoms with Crippen LogP contribution in [0.5, 0.6) is 0 Å². The summed E-state index contributed by atoms with van der Waals surface area (Å²) in [4.78, 5) is 26.9. The monoisotopic (exact) mass is 579 g/mol. The van der Waals surface area contributed by atoms with Crippen LogP contribution in [0.25, 0.3) is 0 Å². The lowest BCUT2D eigenvalue weighted by atomic mass is 9.81. The predicted molar refractivity (Wildman–Crippen MR) is 170 cm³/mol. The third-order valence-electron chi connectivity index (χ3n) is 9.32. The summed E-state index contributed by atoms with van der Waals surface area (Å²) < 4.78 is 12.7. The molecule has 4 aliphatic rings. The number of rotatable bonds is 13. The van der Waals surface area contributed by atoms with Crippen LogP contribution in [0.4, 0.5) is 11.4 Å². The lowest BCUT2D eigenvalue weighted by molar-refractivity contribution is -0.438. The number of benzene rings is 2. The largest absolute Gasteiger partial charge is 0.365 e. The van der Waals surface area contributed by atoms with Gasteiger partial charge < -0.3 is 14.4 Å². The molecule has 0 saturated carbocycles. The lowest BCUT2D eigenvalue weighted by Crippen LogP contribution is -2.28. The van der Waals surface area contributed by atoms with Crippen LogP contribution in [0.1, 0.15) is 64.5 Å². The highest BCUT2D eigenvalue weighted by Gasteiger charge is 2.44. The first-order chi connectivity index (χ1) is 20.7. The third kappa shape index (κ3) is 5.96. The smallest absolute Gasteiger partial charge is 0.209 e. The molecule has 224 valence electrons. The Balaban J connectivity index is 1.20. The molecule has 2 aromatic carbocycles. The standard InChI is InChI=1S/C37H43N2O4/c1-36(2)26-14-8-10-16-28(26)38(22-12-18-30(40)32-24-42-32)34(36)20-6-5-7-21-35-37(3,4)27-15-9-11-17-29(27)39(35)23-13-19-31(41)33-25-43-33/h5-11,14-17,20-21,32-33H,12-13,18-19,22-25H2,1-4H3/q+1. The minimum atomic E-state index is -0.168. The molecule has 0 radical (unpaired) electrons. The number of para-hydroxylation sites is 2. The van der Waals surface area contributed by atoms with Crippen LogP contribution in [0.15, 0.2) is 84.6 Å². The predicted octanol–water partition coefficient (Wildman–Crippen LogP) is 6.35. The third-order valence-corrected chi connectivity index (χ3v) is 9.32. The number of anilines is 1. The second-order valence-electron chi connectivity index (χ2n) is 13.1. The molecule has 4 aliphatic heterocycles. The number of Topliss-reactive ketones (excluding diaryl/α,β-unsaturated/α-hetero) is 2. The number of ether oxygens (including phenoxy) is 2. The van der Waals surface area contributed by atoms with Crippen molar-refractivity contribution < 1.29 is 23.6 Å². The van der Waals surface area contributed by atoms with Crippen LogP contribution in [-0.4, -0.2) is 60.4 Å². The number of carbonyl (C=O) groups is 2. The number of nitrogens with zero attached hydrogens (tertiary/aromatic N) is 2. The fourth-order valence-electron chi connectivity index (χ4n) is 6.73. The molecule has 6 nitrogen and oxygen atoms in total. The van der Waals surface area contributed by atoms with Gasteiger partial charge in [0.25, 0.3) is 0 Å². The van der Waals surface area contributed by atoms with E-state index in [2.05, 4.69) is 116 Å². The van der Waals surface area contributed by atoms with E-state index in [1.165, 1.54) is 33.9 Å². The number of hydrogen-bond acceptors (Lipinski definition) is 5. The molecular formula is C37H43N2O4+. The van der Waals surface area contributed by atoms with Crippen molar-refractivity contribution in [2.75, 3.05) is 31.2 Å². The number of hydrogen-bond donors (Lipinski definition) is 0. The van der Waals surface area contributed by atoms with Crippen molar-refractivity contribution >= 4 is 28.7 Å². The Morgan fingerprint density at radius 1 is 0.837 bits per heavy atom. The van der Waals surface area contributed by atoms with E-state index in [0.717, 1.165) is 25.9 Å². The first kappa shape index (κ1) is 29.5. The van der Waals surface area contributed by atoms with Gasteiger partial charge in [0.1, 0.15) is 18.8 Å². The number of ketones is 2. The SMILES string of the molecule is CC1(C)C(/C=C/C=C/C=C2/N(CCCC(=O)C3CO3)c3ccccc3C2(C)C)=[N+](CCCC(=O)C2CO2)c2ccccc21. The van der Waals surface area contributed by atoms with E-state index in [1.54, 1.807) is 0 Å². The minimum absolute atomic E-state index is 0.141. The van der Waals surface area contributed by atoms with Crippen molar-refractivity contribution in [3.8, 4) is 0 Å². The van der Waals surface area contributed by atoms with Gasteiger partial charge in [0.2, 0.25) is 5.69 Å². The molecule has 6 rings (SSSR count). The number of fused-ring (bicyclic) bond motifs is 2. The van der Waals surface area contributed by atoms with Crippen LogP contribution in [-0.2, 0) is 29.9 Å². The zero-order valence-corrected chi connectivity index (χ0v) is 25.8. The van der Waals surface area contributed by atoms with Gasteiger partial charge in [-0.25, -0.2) is 0 Å². The Labute approximate surface area is 255 Å². The van der Waals surface area contributed by atoms with E-state index in [-0.39, 0.29) is 34.6 Å². The van der Waals surface area contributed by atoms with Crippen molar-refractivity contribution in [1.82, 2.24) is 0 Å². The van der Waals surface area contributed by atoms with Gasteiger partial charge in [0.15, 0.2) is 17.3 Å². The molecule has 2 aromatic rings. The Morgan fingerprint density at radius 3 is 2.16 bits per heavy atom. The molecule has 2 saturated heterocycles. The maximum absolute atomic E-state index is 12.2. The van der Waals surface area contributed by atoms with Crippen molar-refractivity contribution in [3.05, 3.63) is 95.7 Å². The Kier molecular flexibility index (Phi) is 8.10. The summed E-state index contributed by atoms with van der Waals surface area (Å²) in [6, 6.07) is 17.2. The van der Waals surface area contributed by atoms with Gasteiger partial charge in [0, 0.05) is 60.3 Å². The zero-order chi connectivity index (χ0) is 30.2. The van der Waals surface area contributed by atoms with E-state index in [4.69, 9.17) is 9.47 Å². The summed E-state index contributed by atoms with van der Waals surface area (Å²) in [5.74, 6) is 0.434. The van der Waals surface area contributed by atoms with Crippen molar-refractivity contribution in [3.63, 3.8) is 0 Å². The van der Waals surface area contributed by atoms with Crippen LogP contribution in [0.3, 0.4) is 0 Å². The zero-order valence-electron chi connectivity index (χ0n) is 25.8. The van der Waals surface area contributed by atoms with Crippen LogP contribution in [0.2, 0.25) is 0 Å². The average molecular weight is 580 g/mol. The van der Waals surface area contributed by atoms with Gasteiger partial charge in [-0.3, -0.25) is 9.59 Å². The molecule has 0 amide bonds. The number of carbonyl (C=O) groups excluding carboxylic acids is 2. The Bertz CT molecular complexity index is 1540. The molecule has 2 unspecified atom stereocenters. The lowest BCUT2D eigenvalue weighted by Gasteiger charge is -2.27. The summed E-state index contributed by atoms with van der Waals surface area (Å²) in [7, 11) is 0. The fourth-order valence-corrected chi connectivity index (χ4v) is 6.73. The highest BCUT2D eigenvalue weighted by molar-refractivity contribution is 6.03. The molecule has 0 aromatic heterocycles. The topological polar surface area (TPSA) is 65.5 Å². The normalized spacial score (nSPS) is 23.8. The summed E-state index contributed by atoms with van der Waals surface area (Å²) in [6.45, 7) is 11.8. The molecule has 2 fully saturated rings. The highest BCUT2D eigenvalue weighted by atomic mass is 16.6. The molecule has 0 spiro atoms. The molecule has 43 heavy (non-hydrogen) atoms. The summed E-state index contributed by atoms with van der Waals surface area (Å²) in [6.07, 6.45) is 13.2. The van der Waals surface area contributed by atoms with Crippen LogP contribution in [0, 0.1) is 0 Å². The highest BCUT2D eigenvalue weighted by Crippen LogP contribution is 2.47. The van der Waals surface area contributed by atoms with Crippen LogP contribution < -0.4 is 4.90 Å². The van der Waals surface area contributed by atoms with Gasteiger partial charge in [-0.15, -0.1) is 0 Å². The quantitative estimate of drug-likeness (QED) is 0.157. The first-order valence-electron chi connectivity index (χ1n) is 15.7. The van der Waals surface area contributed by atoms with E-state index in [0.29, 0.717) is 26.1 Å². The van der Waals surface area contributed by atoms with Gasteiger partial charge in [-0.2, -0.15) is 4.58 Å². The second kappa shape index (κ2) is 11.8. The van der Waals surface area contributed by atoms with Crippen molar-refractivity contribution in [2.24, 2.45) is 0 Å². The van der Waals surface area contributed by atoms with E-state index >= 15 is 0 Å². The minimum Gasteiger partial charge on any atom is -0.365 e. The Morgan fingerprint density at radius 2 is 1.47 bits per heavy atom. The van der Waals surface area contributed by atoms with Gasteiger partial charge in [-0.05, 0) is 38.0 Å². The van der Waals surface area contributed by atoms with Crippen molar-refractivity contribution in [2.45, 2.75) is 76.4 Å². The second-order valence-corrected chi connectivity index (χ2v) is 13.1. The molecule has 2 atom stereocenters.